The number of hydrogen-bond donors (Lipinski definition) is 1. The monoisotopic (exact) mass is 284 g/mol. The highest BCUT2D eigenvalue weighted by Gasteiger charge is 2.27. The van der Waals surface area contributed by atoms with E-state index in [4.69, 9.17) is 0 Å². The molecule has 3 rings (SSSR count). The van der Waals surface area contributed by atoms with Gasteiger partial charge in [0.25, 0.3) is 0 Å². The first kappa shape index (κ1) is 14.3. The Morgan fingerprint density at radius 3 is 2.86 bits per heavy atom. The van der Waals surface area contributed by atoms with Crippen LogP contribution in [0.4, 0.5) is 0 Å². The Balaban J connectivity index is 1.58. The number of hydrogen-bond acceptors (Lipinski definition) is 3. The predicted molar refractivity (Wildman–Crippen MR) is 84.2 cm³/mol. The van der Waals surface area contributed by atoms with Crippen LogP contribution in [-0.2, 0) is 6.54 Å². The Labute approximate surface area is 126 Å². The van der Waals surface area contributed by atoms with Crippen molar-refractivity contribution in [1.82, 2.24) is 20.3 Å². The highest BCUT2D eigenvalue weighted by molar-refractivity contribution is 5.28. The molecule has 1 aromatic carbocycles. The minimum absolute atomic E-state index is 0.470. The lowest BCUT2D eigenvalue weighted by Gasteiger charge is -2.35. The fourth-order valence-electron chi connectivity index (χ4n) is 3.18. The normalized spacial score (nSPS) is 21.3. The first-order valence-corrected chi connectivity index (χ1v) is 7.82. The second kappa shape index (κ2) is 5.98. The molecule has 1 fully saturated rings. The van der Waals surface area contributed by atoms with E-state index in [1.54, 1.807) is 4.80 Å². The molecule has 1 aliphatic rings. The second-order valence-corrected chi connectivity index (χ2v) is 6.80. The van der Waals surface area contributed by atoms with Crippen LogP contribution in [0.15, 0.2) is 36.5 Å². The maximum absolute atomic E-state index is 4.54. The van der Waals surface area contributed by atoms with Crippen LogP contribution < -0.4 is 5.32 Å². The van der Waals surface area contributed by atoms with E-state index in [2.05, 4.69) is 29.4 Å². The van der Waals surface area contributed by atoms with Crippen molar-refractivity contribution in [2.75, 3.05) is 0 Å². The van der Waals surface area contributed by atoms with Crippen molar-refractivity contribution in [1.29, 1.82) is 0 Å². The van der Waals surface area contributed by atoms with Gasteiger partial charge in [0.05, 0.1) is 17.6 Å². The Bertz CT molecular complexity index is 573. The average molecular weight is 284 g/mol. The first-order valence-electron chi connectivity index (χ1n) is 7.82. The summed E-state index contributed by atoms with van der Waals surface area (Å²) in [6.45, 7) is 5.53. The molecule has 1 aliphatic carbocycles. The molecule has 112 valence electrons. The van der Waals surface area contributed by atoms with E-state index < -0.39 is 0 Å². The number of para-hydroxylation sites is 1. The van der Waals surface area contributed by atoms with Crippen molar-refractivity contribution in [3.63, 3.8) is 0 Å². The van der Waals surface area contributed by atoms with E-state index in [0.717, 1.165) is 17.9 Å². The van der Waals surface area contributed by atoms with Gasteiger partial charge in [-0.15, -0.1) is 0 Å². The van der Waals surface area contributed by atoms with Crippen molar-refractivity contribution in [2.24, 2.45) is 5.41 Å². The molecule has 1 heterocycles. The molecule has 1 aromatic heterocycles. The molecule has 0 spiro atoms. The fraction of sp³-hybridized carbons (Fsp3) is 0.529. The minimum atomic E-state index is 0.470. The third kappa shape index (κ3) is 3.70. The third-order valence-electron chi connectivity index (χ3n) is 4.30. The van der Waals surface area contributed by atoms with E-state index in [-0.39, 0.29) is 0 Å². The zero-order chi connectivity index (χ0) is 14.7. The van der Waals surface area contributed by atoms with Crippen LogP contribution in [0.1, 0.15) is 45.2 Å². The highest BCUT2D eigenvalue weighted by atomic mass is 15.5. The average Bonchev–Trinajstić information content (AvgIpc) is 2.94. The molecule has 1 N–H and O–H groups in total. The molecule has 21 heavy (non-hydrogen) atoms. The Morgan fingerprint density at radius 1 is 1.29 bits per heavy atom. The highest BCUT2D eigenvalue weighted by Crippen LogP contribution is 2.35. The summed E-state index contributed by atoms with van der Waals surface area (Å²) in [6, 6.07) is 10.6. The second-order valence-electron chi connectivity index (χ2n) is 6.80. The maximum Gasteiger partial charge on any atom is 0.0969 e. The molecule has 2 aromatic rings. The summed E-state index contributed by atoms with van der Waals surface area (Å²) in [4.78, 5) is 1.70. The van der Waals surface area contributed by atoms with Crippen molar-refractivity contribution in [3.05, 3.63) is 42.2 Å². The molecule has 0 amide bonds. The van der Waals surface area contributed by atoms with Gasteiger partial charge < -0.3 is 5.32 Å². The van der Waals surface area contributed by atoms with E-state index in [0.29, 0.717) is 11.5 Å². The molecule has 4 nitrogen and oxygen atoms in total. The van der Waals surface area contributed by atoms with E-state index >= 15 is 0 Å². The van der Waals surface area contributed by atoms with Crippen LogP contribution in [0.25, 0.3) is 5.69 Å². The molecule has 0 radical (unpaired) electrons. The van der Waals surface area contributed by atoms with E-state index in [1.165, 1.54) is 25.7 Å². The number of nitrogens with zero attached hydrogens (tertiary/aromatic N) is 3. The van der Waals surface area contributed by atoms with Crippen LogP contribution in [0.5, 0.6) is 0 Å². The Hall–Kier alpha value is -1.68. The molecule has 1 atom stereocenters. The van der Waals surface area contributed by atoms with Crippen LogP contribution >= 0.6 is 0 Å². The van der Waals surface area contributed by atoms with Gasteiger partial charge in [-0.1, -0.05) is 38.5 Å². The van der Waals surface area contributed by atoms with Crippen molar-refractivity contribution in [2.45, 2.75) is 52.1 Å². The van der Waals surface area contributed by atoms with Gasteiger partial charge in [-0.25, -0.2) is 0 Å². The van der Waals surface area contributed by atoms with Gasteiger partial charge in [-0.2, -0.15) is 15.0 Å². The SMILES string of the molecule is CC1(C)CCCC(NCc2cnn(-c3ccccc3)n2)C1. The Morgan fingerprint density at radius 2 is 2.10 bits per heavy atom. The van der Waals surface area contributed by atoms with Crippen molar-refractivity contribution >= 4 is 0 Å². The molecule has 0 saturated heterocycles. The lowest BCUT2D eigenvalue weighted by atomic mass is 9.75. The molecule has 0 aliphatic heterocycles. The largest absolute Gasteiger partial charge is 0.308 e. The molecule has 1 saturated carbocycles. The number of benzene rings is 1. The first-order chi connectivity index (χ1) is 10.1. The lowest BCUT2D eigenvalue weighted by molar-refractivity contribution is 0.197. The Kier molecular flexibility index (Phi) is 4.06. The van der Waals surface area contributed by atoms with Gasteiger partial charge in [-0.3, -0.25) is 0 Å². The van der Waals surface area contributed by atoms with E-state index in [9.17, 15) is 0 Å². The fourth-order valence-corrected chi connectivity index (χ4v) is 3.18. The summed E-state index contributed by atoms with van der Waals surface area (Å²) in [7, 11) is 0. The van der Waals surface area contributed by atoms with Gasteiger partial charge in [0, 0.05) is 12.6 Å². The van der Waals surface area contributed by atoms with Crippen molar-refractivity contribution in [3.8, 4) is 5.69 Å². The smallest absolute Gasteiger partial charge is 0.0969 e. The summed E-state index contributed by atoms with van der Waals surface area (Å²) in [5.74, 6) is 0. The van der Waals surface area contributed by atoms with Crippen molar-refractivity contribution < 1.29 is 0 Å². The summed E-state index contributed by atoms with van der Waals surface area (Å²) in [6.07, 6.45) is 7.04. The maximum atomic E-state index is 4.54. The van der Waals surface area contributed by atoms with Gasteiger partial charge in [0.15, 0.2) is 0 Å². The number of nitrogens with one attached hydrogen (secondary N) is 1. The standard InChI is InChI=1S/C17H24N4/c1-17(2)10-6-7-14(11-17)18-12-15-13-19-21(20-15)16-8-4-3-5-9-16/h3-5,8-9,13-14,18H,6-7,10-12H2,1-2H3. The van der Waals surface area contributed by atoms with Crippen LogP contribution in [-0.4, -0.2) is 21.0 Å². The molecular formula is C17H24N4. The summed E-state index contributed by atoms with van der Waals surface area (Å²) >= 11 is 0. The predicted octanol–water partition coefficient (Wildman–Crippen LogP) is 3.33. The summed E-state index contributed by atoms with van der Waals surface area (Å²) in [5.41, 5.74) is 2.47. The quantitative estimate of drug-likeness (QED) is 0.936. The lowest BCUT2D eigenvalue weighted by Crippen LogP contribution is -2.36. The van der Waals surface area contributed by atoms with Gasteiger partial charge in [0.1, 0.15) is 0 Å². The van der Waals surface area contributed by atoms with Gasteiger partial charge >= 0.3 is 0 Å². The minimum Gasteiger partial charge on any atom is -0.308 e. The molecule has 0 bridgehead atoms. The van der Waals surface area contributed by atoms with E-state index in [1.807, 2.05) is 36.5 Å². The van der Waals surface area contributed by atoms with Crippen LogP contribution in [0.2, 0.25) is 0 Å². The topological polar surface area (TPSA) is 42.7 Å². The zero-order valence-electron chi connectivity index (χ0n) is 12.9. The summed E-state index contributed by atoms with van der Waals surface area (Å²) < 4.78 is 0. The summed E-state index contributed by atoms with van der Waals surface area (Å²) in [5, 5.41) is 12.5. The molecule has 4 heteroatoms. The van der Waals surface area contributed by atoms with Gasteiger partial charge in [0.2, 0.25) is 0 Å². The molecule has 1 unspecified atom stereocenters. The van der Waals surface area contributed by atoms with Crippen LogP contribution in [0.3, 0.4) is 0 Å². The van der Waals surface area contributed by atoms with Crippen LogP contribution in [0, 0.1) is 5.41 Å². The number of rotatable bonds is 4. The molecular weight excluding hydrogens is 260 g/mol. The third-order valence-corrected chi connectivity index (χ3v) is 4.30. The number of aromatic nitrogens is 3. The zero-order valence-corrected chi connectivity index (χ0v) is 12.9. The van der Waals surface area contributed by atoms with Gasteiger partial charge in [-0.05, 0) is 36.8 Å².